The Balaban J connectivity index is 1.69. The summed E-state index contributed by atoms with van der Waals surface area (Å²) >= 11 is 5.90. The van der Waals surface area contributed by atoms with Crippen molar-refractivity contribution >= 4 is 23.6 Å². The van der Waals surface area contributed by atoms with Gasteiger partial charge in [0.05, 0.1) is 6.04 Å². The minimum Gasteiger partial charge on any atom is -0.465 e. The van der Waals surface area contributed by atoms with Crippen LogP contribution in [0, 0.1) is 5.92 Å². The minimum absolute atomic E-state index is 0.115. The monoisotopic (exact) mass is 386 g/mol. The van der Waals surface area contributed by atoms with Crippen molar-refractivity contribution in [3.8, 4) is 0 Å². The molecule has 2 aromatic carbocycles. The summed E-state index contributed by atoms with van der Waals surface area (Å²) in [5, 5.41) is 12.8. The molecule has 142 valence electrons. The summed E-state index contributed by atoms with van der Waals surface area (Å²) in [5.74, 6) is 0.236. The number of carbonyl (C=O) groups excluding carboxylic acids is 1. The molecule has 0 spiro atoms. The third kappa shape index (κ3) is 5.23. The van der Waals surface area contributed by atoms with E-state index >= 15 is 0 Å². The molecule has 3 rings (SSSR count). The Morgan fingerprint density at radius 1 is 1.07 bits per heavy atom. The highest BCUT2D eigenvalue weighted by Crippen LogP contribution is 2.29. The normalized spacial score (nSPS) is 16.0. The lowest BCUT2D eigenvalue weighted by atomic mass is 9.87. The number of hydrogen-bond acceptors (Lipinski definition) is 2. The van der Waals surface area contributed by atoms with Crippen molar-refractivity contribution in [2.75, 3.05) is 13.1 Å². The number of amides is 2. The molecule has 1 fully saturated rings. The summed E-state index contributed by atoms with van der Waals surface area (Å²) in [4.78, 5) is 25.2. The van der Waals surface area contributed by atoms with Crippen molar-refractivity contribution in [2.24, 2.45) is 5.92 Å². The van der Waals surface area contributed by atoms with Crippen LogP contribution in [0.3, 0.4) is 0 Å². The summed E-state index contributed by atoms with van der Waals surface area (Å²) in [6.07, 6.45) is 1.56. The Labute approximate surface area is 163 Å². The molecule has 0 radical (unpaired) electrons. The first-order valence-electron chi connectivity index (χ1n) is 9.12. The number of hydrogen-bond donors (Lipinski definition) is 2. The number of halogens is 1. The average molecular weight is 387 g/mol. The second-order valence-corrected chi connectivity index (χ2v) is 7.33. The second-order valence-electron chi connectivity index (χ2n) is 6.89. The van der Waals surface area contributed by atoms with Crippen molar-refractivity contribution in [3.63, 3.8) is 0 Å². The average Bonchev–Trinajstić information content (AvgIpc) is 2.69. The number of likely N-dealkylation sites (tertiary alicyclic amines) is 1. The summed E-state index contributed by atoms with van der Waals surface area (Å²) < 4.78 is 0. The minimum atomic E-state index is -0.857. The van der Waals surface area contributed by atoms with Crippen LogP contribution >= 0.6 is 11.6 Å². The van der Waals surface area contributed by atoms with E-state index in [9.17, 15) is 9.59 Å². The molecule has 1 saturated heterocycles. The molecule has 1 aliphatic rings. The first-order chi connectivity index (χ1) is 13.0. The molecule has 0 saturated carbocycles. The fourth-order valence-electron chi connectivity index (χ4n) is 3.50. The smallest absolute Gasteiger partial charge is 0.407 e. The highest BCUT2D eigenvalue weighted by Gasteiger charge is 2.26. The van der Waals surface area contributed by atoms with Crippen LogP contribution < -0.4 is 5.32 Å². The van der Waals surface area contributed by atoms with E-state index in [2.05, 4.69) is 5.32 Å². The molecule has 2 N–H and O–H groups in total. The van der Waals surface area contributed by atoms with Gasteiger partial charge in [-0.2, -0.15) is 0 Å². The predicted octanol–water partition coefficient (Wildman–Crippen LogP) is 4.59. The highest BCUT2D eigenvalue weighted by atomic mass is 35.5. The van der Waals surface area contributed by atoms with Crippen LogP contribution in [0.4, 0.5) is 4.79 Å². The molecule has 1 atom stereocenters. The maximum absolute atomic E-state index is 12.7. The van der Waals surface area contributed by atoms with Crippen LogP contribution in [0.15, 0.2) is 54.6 Å². The van der Waals surface area contributed by atoms with Gasteiger partial charge in [-0.25, -0.2) is 4.79 Å². The van der Waals surface area contributed by atoms with Crippen LogP contribution in [0.2, 0.25) is 5.02 Å². The molecule has 2 amide bonds. The Bertz CT molecular complexity index is 772. The molecule has 0 aromatic heterocycles. The lowest BCUT2D eigenvalue weighted by Gasteiger charge is -2.32. The molecule has 0 bridgehead atoms. The molecule has 5 nitrogen and oxygen atoms in total. The lowest BCUT2D eigenvalue weighted by Crippen LogP contribution is -2.39. The lowest BCUT2D eigenvalue weighted by molar-refractivity contribution is 0.0922. The SMILES string of the molecule is O=C(N[C@@H](CC1CCN(C(=O)O)CC1)c1ccccc1)c1ccc(Cl)cc1. The van der Waals surface area contributed by atoms with Gasteiger partial charge in [-0.3, -0.25) is 4.79 Å². The van der Waals surface area contributed by atoms with Gasteiger partial charge in [0, 0.05) is 23.7 Å². The van der Waals surface area contributed by atoms with Crippen molar-refractivity contribution in [2.45, 2.75) is 25.3 Å². The molecular formula is C21H23ClN2O3. The van der Waals surface area contributed by atoms with Crippen molar-refractivity contribution in [3.05, 3.63) is 70.7 Å². The first-order valence-corrected chi connectivity index (χ1v) is 9.50. The maximum atomic E-state index is 12.7. The first kappa shape index (κ1) is 19.2. The maximum Gasteiger partial charge on any atom is 0.407 e. The van der Waals surface area contributed by atoms with Gasteiger partial charge in [0.25, 0.3) is 5.91 Å². The van der Waals surface area contributed by atoms with Crippen molar-refractivity contribution in [1.29, 1.82) is 0 Å². The summed E-state index contributed by atoms with van der Waals surface area (Å²) in [5.41, 5.74) is 1.63. The Hall–Kier alpha value is -2.53. The van der Waals surface area contributed by atoms with E-state index in [1.807, 2.05) is 30.3 Å². The zero-order chi connectivity index (χ0) is 19.2. The second kappa shape index (κ2) is 8.91. The zero-order valence-corrected chi connectivity index (χ0v) is 15.7. The zero-order valence-electron chi connectivity index (χ0n) is 15.0. The van der Waals surface area contributed by atoms with E-state index in [-0.39, 0.29) is 11.9 Å². The largest absolute Gasteiger partial charge is 0.465 e. The van der Waals surface area contributed by atoms with Gasteiger partial charge >= 0.3 is 6.09 Å². The van der Waals surface area contributed by atoms with E-state index in [0.29, 0.717) is 29.6 Å². The number of nitrogens with zero attached hydrogens (tertiary/aromatic N) is 1. The third-order valence-electron chi connectivity index (χ3n) is 5.07. The summed E-state index contributed by atoms with van der Waals surface area (Å²) in [6.45, 7) is 1.10. The van der Waals surface area contributed by atoms with Gasteiger partial charge in [0.2, 0.25) is 0 Å². The fourth-order valence-corrected chi connectivity index (χ4v) is 3.63. The number of carbonyl (C=O) groups is 2. The van der Waals surface area contributed by atoms with Crippen molar-refractivity contribution < 1.29 is 14.7 Å². The van der Waals surface area contributed by atoms with Gasteiger partial charge in [-0.05, 0) is 55.0 Å². The van der Waals surface area contributed by atoms with Crippen LogP contribution in [0.1, 0.15) is 41.2 Å². The van der Waals surface area contributed by atoms with Gasteiger partial charge in [0.1, 0.15) is 0 Å². The van der Waals surface area contributed by atoms with E-state index in [0.717, 1.165) is 24.8 Å². The topological polar surface area (TPSA) is 69.6 Å². The molecular weight excluding hydrogens is 364 g/mol. The molecule has 2 aromatic rings. The molecule has 1 aliphatic heterocycles. The Morgan fingerprint density at radius 2 is 1.70 bits per heavy atom. The van der Waals surface area contributed by atoms with Gasteiger partial charge in [0.15, 0.2) is 0 Å². The van der Waals surface area contributed by atoms with Crippen LogP contribution in [0.25, 0.3) is 0 Å². The van der Waals surface area contributed by atoms with Gasteiger partial charge in [-0.15, -0.1) is 0 Å². The standard InChI is InChI=1S/C21H23ClN2O3/c22-18-8-6-17(7-9-18)20(25)23-19(16-4-2-1-3-5-16)14-15-10-12-24(13-11-15)21(26)27/h1-9,15,19H,10-14H2,(H,23,25)(H,26,27)/t19-/m0/s1. The predicted molar refractivity (Wildman–Crippen MR) is 105 cm³/mol. The van der Waals surface area contributed by atoms with E-state index < -0.39 is 6.09 Å². The van der Waals surface area contributed by atoms with Gasteiger partial charge in [-0.1, -0.05) is 41.9 Å². The molecule has 1 heterocycles. The summed E-state index contributed by atoms with van der Waals surface area (Å²) in [6, 6.07) is 16.6. The van der Waals surface area contributed by atoms with Crippen LogP contribution in [-0.4, -0.2) is 35.1 Å². The highest BCUT2D eigenvalue weighted by molar-refractivity contribution is 6.30. The van der Waals surface area contributed by atoms with E-state index in [1.165, 1.54) is 4.90 Å². The van der Waals surface area contributed by atoms with Gasteiger partial charge < -0.3 is 15.3 Å². The number of benzene rings is 2. The number of rotatable bonds is 5. The number of piperidine rings is 1. The van der Waals surface area contributed by atoms with Crippen molar-refractivity contribution in [1.82, 2.24) is 10.2 Å². The molecule has 0 unspecified atom stereocenters. The fraction of sp³-hybridized carbons (Fsp3) is 0.333. The third-order valence-corrected chi connectivity index (χ3v) is 5.32. The van der Waals surface area contributed by atoms with Crippen LogP contribution in [-0.2, 0) is 0 Å². The quantitative estimate of drug-likeness (QED) is 0.789. The molecule has 0 aliphatic carbocycles. The molecule has 27 heavy (non-hydrogen) atoms. The number of carboxylic acid groups (broad SMARTS) is 1. The van der Waals surface area contributed by atoms with Crippen LogP contribution in [0.5, 0.6) is 0 Å². The Morgan fingerprint density at radius 3 is 2.30 bits per heavy atom. The Kier molecular flexibility index (Phi) is 6.35. The van der Waals surface area contributed by atoms with E-state index in [1.54, 1.807) is 24.3 Å². The summed E-state index contributed by atoms with van der Waals surface area (Å²) in [7, 11) is 0. The molecule has 6 heteroatoms. The van der Waals surface area contributed by atoms with E-state index in [4.69, 9.17) is 16.7 Å². The number of nitrogens with one attached hydrogen (secondary N) is 1.